The number of hydrogen-bond acceptors (Lipinski definition) is 5. The predicted molar refractivity (Wildman–Crippen MR) is 107 cm³/mol. The van der Waals surface area contributed by atoms with Crippen molar-refractivity contribution < 1.29 is 23.2 Å². The molecule has 7 nitrogen and oxygen atoms in total. The molecule has 2 aromatic rings. The van der Waals surface area contributed by atoms with Crippen LogP contribution in [0.25, 0.3) is 4.85 Å². The molecular formula is C21H17ClF2N4O3. The number of likely N-dealkylation sites (tertiary alicyclic amines) is 1. The van der Waals surface area contributed by atoms with Crippen molar-refractivity contribution in [2.45, 2.75) is 37.8 Å². The van der Waals surface area contributed by atoms with Crippen LogP contribution in [-0.4, -0.2) is 51.0 Å². The van der Waals surface area contributed by atoms with Crippen LogP contribution < -0.4 is 0 Å². The third kappa shape index (κ3) is 5.47. The van der Waals surface area contributed by atoms with Gasteiger partial charge in [0.15, 0.2) is 11.6 Å². The summed E-state index contributed by atoms with van der Waals surface area (Å²) in [5, 5.41) is 0.384. The molecule has 31 heavy (non-hydrogen) atoms. The van der Waals surface area contributed by atoms with Gasteiger partial charge in [-0.25, -0.2) is 15.4 Å². The monoisotopic (exact) mass is 446 g/mol. The Morgan fingerprint density at radius 1 is 1.19 bits per heavy atom. The quantitative estimate of drug-likeness (QED) is 0.479. The van der Waals surface area contributed by atoms with Crippen molar-refractivity contribution in [3.05, 3.63) is 70.1 Å². The number of nitrogens with zero attached hydrogens (tertiary/aromatic N) is 4. The summed E-state index contributed by atoms with van der Waals surface area (Å²) in [6.45, 7) is 6.18. The zero-order valence-corrected chi connectivity index (χ0v) is 17.0. The number of amides is 1. The molecule has 1 fully saturated rings. The largest absolute Gasteiger partial charge is 0.306 e. The molecule has 0 aromatic carbocycles. The van der Waals surface area contributed by atoms with Crippen LogP contribution in [0.15, 0.2) is 36.8 Å². The molecule has 1 aliphatic heterocycles. The van der Waals surface area contributed by atoms with E-state index in [1.54, 1.807) is 0 Å². The van der Waals surface area contributed by atoms with Gasteiger partial charge in [0.2, 0.25) is 5.91 Å². The first kappa shape index (κ1) is 22.4. The van der Waals surface area contributed by atoms with Crippen molar-refractivity contribution in [1.29, 1.82) is 0 Å². The molecule has 3 heterocycles. The van der Waals surface area contributed by atoms with E-state index in [4.69, 9.17) is 18.2 Å². The van der Waals surface area contributed by atoms with Crippen molar-refractivity contribution in [1.82, 2.24) is 14.9 Å². The van der Waals surface area contributed by atoms with Gasteiger partial charge in [-0.05, 0) is 23.8 Å². The fraction of sp³-hybridized carbons (Fsp3) is 0.333. The molecule has 0 spiro atoms. The SMILES string of the molecule is [C-]#[N+][C@@H]1CC(F)(F)CN1C(=O)CCC(=O)c1ccncc1CC(=O)c1ccc(Cl)cn1. The molecule has 0 bridgehead atoms. The molecule has 0 saturated carbocycles. The van der Waals surface area contributed by atoms with Gasteiger partial charge in [0.05, 0.1) is 11.6 Å². The lowest BCUT2D eigenvalue weighted by Gasteiger charge is -2.16. The fourth-order valence-electron chi connectivity index (χ4n) is 3.31. The van der Waals surface area contributed by atoms with Crippen molar-refractivity contribution in [3.63, 3.8) is 0 Å². The van der Waals surface area contributed by atoms with Crippen LogP contribution in [0, 0.1) is 6.57 Å². The van der Waals surface area contributed by atoms with E-state index in [0.29, 0.717) is 10.6 Å². The van der Waals surface area contributed by atoms with Crippen LogP contribution in [-0.2, 0) is 11.2 Å². The summed E-state index contributed by atoms with van der Waals surface area (Å²) in [4.78, 5) is 49.3. The van der Waals surface area contributed by atoms with Gasteiger partial charge in [0, 0.05) is 43.4 Å². The normalized spacial score (nSPS) is 17.2. The van der Waals surface area contributed by atoms with E-state index in [-0.39, 0.29) is 36.3 Å². The maximum atomic E-state index is 13.5. The number of alkyl halides is 2. The highest BCUT2D eigenvalue weighted by molar-refractivity contribution is 6.30. The first-order chi connectivity index (χ1) is 14.7. The number of aromatic nitrogens is 2. The molecule has 1 saturated heterocycles. The van der Waals surface area contributed by atoms with Gasteiger partial charge in [-0.3, -0.25) is 34.1 Å². The molecule has 0 radical (unpaired) electrons. The van der Waals surface area contributed by atoms with Crippen molar-refractivity contribution >= 4 is 29.1 Å². The molecule has 1 aliphatic rings. The molecule has 1 amide bonds. The molecule has 10 heteroatoms. The van der Waals surface area contributed by atoms with E-state index in [1.165, 1.54) is 36.8 Å². The van der Waals surface area contributed by atoms with Gasteiger partial charge in [-0.15, -0.1) is 0 Å². The summed E-state index contributed by atoms with van der Waals surface area (Å²) in [6.07, 6.45) is 1.51. The second-order valence-electron chi connectivity index (χ2n) is 7.11. The summed E-state index contributed by atoms with van der Waals surface area (Å²) >= 11 is 5.77. The molecule has 1 atom stereocenters. The number of hydrogen-bond donors (Lipinski definition) is 0. The van der Waals surface area contributed by atoms with Gasteiger partial charge < -0.3 is 0 Å². The van der Waals surface area contributed by atoms with Gasteiger partial charge >= 0.3 is 6.17 Å². The van der Waals surface area contributed by atoms with Gasteiger partial charge in [-0.1, -0.05) is 11.6 Å². The number of ketones is 2. The summed E-state index contributed by atoms with van der Waals surface area (Å²) in [6, 6.07) is 4.44. The standard InChI is InChI=1S/C21H17ClF2N4O3/c1-25-19-9-21(23,24)12-28(19)20(31)5-4-17(29)15-6-7-26-10-13(15)8-18(30)16-3-2-14(22)11-27-16/h2-3,6-7,10-11,19H,4-5,8-9,12H2/t19-/m0/s1. The van der Waals surface area contributed by atoms with Crippen molar-refractivity contribution in [2.75, 3.05) is 6.54 Å². The molecule has 0 unspecified atom stereocenters. The van der Waals surface area contributed by atoms with Crippen molar-refractivity contribution in [3.8, 4) is 0 Å². The topological polar surface area (TPSA) is 84.6 Å². The molecule has 3 rings (SSSR count). The minimum atomic E-state index is -3.11. The maximum absolute atomic E-state index is 13.5. The lowest BCUT2D eigenvalue weighted by atomic mass is 9.98. The third-order valence-corrected chi connectivity index (χ3v) is 5.07. The predicted octanol–water partition coefficient (Wildman–Crippen LogP) is 3.63. The van der Waals surface area contributed by atoms with Gasteiger partial charge in [0.1, 0.15) is 12.1 Å². The Morgan fingerprint density at radius 3 is 2.65 bits per heavy atom. The van der Waals surface area contributed by atoms with E-state index in [1.807, 2.05) is 0 Å². The van der Waals surface area contributed by atoms with Crippen LogP contribution in [0.2, 0.25) is 5.02 Å². The molecule has 0 aliphatic carbocycles. The number of carbonyl (C=O) groups is 3. The van der Waals surface area contributed by atoms with Gasteiger partial charge in [0.25, 0.3) is 5.92 Å². The number of carbonyl (C=O) groups excluding carboxylic acids is 3. The Morgan fingerprint density at radius 2 is 1.97 bits per heavy atom. The maximum Gasteiger partial charge on any atom is 0.306 e. The van der Waals surface area contributed by atoms with Crippen LogP contribution in [0.4, 0.5) is 8.78 Å². The number of rotatable bonds is 7. The number of pyridine rings is 2. The lowest BCUT2D eigenvalue weighted by Crippen LogP contribution is -2.35. The summed E-state index contributed by atoms with van der Waals surface area (Å²) in [7, 11) is 0. The Balaban J connectivity index is 1.66. The van der Waals surface area contributed by atoms with E-state index in [2.05, 4.69) is 14.8 Å². The first-order valence-corrected chi connectivity index (χ1v) is 9.72. The second kappa shape index (κ2) is 9.27. The van der Waals surface area contributed by atoms with E-state index in [9.17, 15) is 23.2 Å². The zero-order chi connectivity index (χ0) is 22.6. The average Bonchev–Trinajstić information content (AvgIpc) is 3.07. The minimum absolute atomic E-state index is 0.129. The summed E-state index contributed by atoms with van der Waals surface area (Å²) in [5.41, 5.74) is 0.772. The molecular weight excluding hydrogens is 430 g/mol. The van der Waals surface area contributed by atoms with E-state index >= 15 is 0 Å². The Hall–Kier alpha value is -3.25. The third-order valence-electron chi connectivity index (χ3n) is 4.85. The van der Waals surface area contributed by atoms with Crippen LogP contribution in [0.3, 0.4) is 0 Å². The molecule has 0 N–H and O–H groups in total. The highest BCUT2D eigenvalue weighted by atomic mass is 35.5. The highest BCUT2D eigenvalue weighted by Crippen LogP contribution is 2.33. The summed E-state index contributed by atoms with van der Waals surface area (Å²) in [5.74, 6) is -4.55. The Labute approximate surface area is 181 Å². The molecule has 2 aromatic heterocycles. The minimum Gasteiger partial charge on any atom is -0.294 e. The molecule has 160 valence electrons. The zero-order valence-electron chi connectivity index (χ0n) is 16.2. The Kier molecular flexibility index (Phi) is 6.71. The Bertz CT molecular complexity index is 1050. The highest BCUT2D eigenvalue weighted by Gasteiger charge is 2.50. The van der Waals surface area contributed by atoms with Gasteiger partial charge in [-0.2, -0.15) is 0 Å². The van der Waals surface area contributed by atoms with Crippen molar-refractivity contribution in [2.24, 2.45) is 0 Å². The smallest absolute Gasteiger partial charge is 0.294 e. The van der Waals surface area contributed by atoms with Crippen LogP contribution in [0.5, 0.6) is 0 Å². The second-order valence-corrected chi connectivity index (χ2v) is 7.55. The van der Waals surface area contributed by atoms with Crippen LogP contribution in [0.1, 0.15) is 45.7 Å². The van der Waals surface area contributed by atoms with E-state index in [0.717, 1.165) is 4.90 Å². The van der Waals surface area contributed by atoms with E-state index < -0.39 is 36.7 Å². The lowest BCUT2D eigenvalue weighted by molar-refractivity contribution is -0.132. The summed E-state index contributed by atoms with van der Waals surface area (Å²) < 4.78 is 27.1. The fourth-order valence-corrected chi connectivity index (χ4v) is 3.42. The number of Topliss-reactive ketones (excluding diaryl/α,β-unsaturated/α-hetero) is 2. The first-order valence-electron chi connectivity index (χ1n) is 9.35. The number of halogens is 3. The van der Waals surface area contributed by atoms with Crippen LogP contribution >= 0.6 is 11.6 Å². The average molecular weight is 447 g/mol.